The molecular weight excluding hydrogens is 430 g/mol. The van der Waals surface area contributed by atoms with E-state index in [0.717, 1.165) is 50.7 Å². The van der Waals surface area contributed by atoms with Crippen LogP contribution in [-0.2, 0) is 0 Å². The van der Waals surface area contributed by atoms with Crippen molar-refractivity contribution in [1.29, 1.82) is 10.7 Å². The minimum atomic E-state index is -0.108. The van der Waals surface area contributed by atoms with Crippen LogP contribution < -0.4 is 20.3 Å². The number of hydrogen-bond acceptors (Lipinski definition) is 10. The lowest BCUT2D eigenvalue weighted by atomic mass is 10.0. The minimum Gasteiger partial charge on any atom is -0.488 e. The van der Waals surface area contributed by atoms with E-state index in [2.05, 4.69) is 36.7 Å². The minimum absolute atomic E-state index is 0.108. The van der Waals surface area contributed by atoms with Crippen LogP contribution in [0.3, 0.4) is 0 Å². The van der Waals surface area contributed by atoms with Gasteiger partial charge in [-0.25, -0.2) is 19.9 Å². The summed E-state index contributed by atoms with van der Waals surface area (Å²) in [6, 6.07) is 9.25. The molecule has 172 valence electrons. The first-order valence-electron chi connectivity index (χ1n) is 11.2. The third kappa shape index (κ3) is 4.45. The molecule has 2 aliphatic rings. The topological polar surface area (TPSA) is 141 Å². The normalized spacial score (nSPS) is 16.6. The van der Waals surface area contributed by atoms with E-state index in [9.17, 15) is 0 Å². The van der Waals surface area contributed by atoms with E-state index in [1.807, 2.05) is 24.3 Å². The van der Waals surface area contributed by atoms with E-state index in [0.29, 0.717) is 28.4 Å². The molecule has 3 heterocycles. The molecule has 3 aromatic rings. The highest BCUT2D eigenvalue weighted by molar-refractivity contribution is 6.13. The molecule has 0 atom stereocenters. The zero-order valence-corrected chi connectivity index (χ0v) is 18.9. The lowest BCUT2D eigenvalue weighted by Gasteiger charge is -2.35. The standard InChI is InChI=1S/C24H25N9O/c1-24(4-5-24)34-17-2-3-19(26)18(10-17)23(27)20-11-21(31-15-30-20)32-6-8-33(9-7-32)22-14-28-16(12-25)13-29-22/h2-3,10-11,13-15,27H,4-9,26H2,1H3. The Labute approximate surface area is 197 Å². The van der Waals surface area contributed by atoms with Gasteiger partial charge in [-0.1, -0.05) is 0 Å². The molecule has 3 N–H and O–H groups in total. The van der Waals surface area contributed by atoms with Gasteiger partial charge in [-0.15, -0.1) is 0 Å². The number of rotatable bonds is 6. The zero-order chi connectivity index (χ0) is 23.7. The van der Waals surface area contributed by atoms with Crippen molar-refractivity contribution in [2.45, 2.75) is 25.4 Å². The fourth-order valence-corrected chi connectivity index (χ4v) is 3.88. The van der Waals surface area contributed by atoms with Gasteiger partial charge in [0, 0.05) is 43.5 Å². The fourth-order valence-electron chi connectivity index (χ4n) is 3.88. The number of ether oxygens (including phenoxy) is 1. The van der Waals surface area contributed by atoms with Crippen LogP contribution >= 0.6 is 0 Å². The van der Waals surface area contributed by atoms with Gasteiger partial charge in [-0.2, -0.15) is 5.26 Å². The lowest BCUT2D eigenvalue weighted by Crippen LogP contribution is -2.47. The summed E-state index contributed by atoms with van der Waals surface area (Å²) < 4.78 is 6.05. The smallest absolute Gasteiger partial charge is 0.158 e. The zero-order valence-electron chi connectivity index (χ0n) is 18.9. The molecule has 10 nitrogen and oxygen atoms in total. The van der Waals surface area contributed by atoms with Crippen molar-refractivity contribution in [3.63, 3.8) is 0 Å². The SMILES string of the molecule is CC1(Oc2ccc(N)c(C(=N)c3cc(N4CCN(c5cnc(C#N)cn5)CC4)ncn3)c2)CC1. The van der Waals surface area contributed by atoms with E-state index in [1.54, 1.807) is 12.3 Å². The molecule has 1 saturated carbocycles. The average Bonchev–Trinajstić information content (AvgIpc) is 3.61. The Bertz CT molecular complexity index is 1260. The van der Waals surface area contributed by atoms with Crippen LogP contribution in [0.4, 0.5) is 17.3 Å². The van der Waals surface area contributed by atoms with Crippen molar-refractivity contribution in [1.82, 2.24) is 19.9 Å². The van der Waals surface area contributed by atoms with Crippen LogP contribution in [0, 0.1) is 16.7 Å². The summed E-state index contributed by atoms with van der Waals surface area (Å²) in [7, 11) is 0. The maximum Gasteiger partial charge on any atom is 0.158 e. The highest BCUT2D eigenvalue weighted by Gasteiger charge is 2.40. The third-order valence-corrected chi connectivity index (χ3v) is 6.20. The fraction of sp³-hybridized carbons (Fsp3) is 0.333. The number of nitrogens with one attached hydrogen (secondary N) is 1. The van der Waals surface area contributed by atoms with Crippen molar-refractivity contribution < 1.29 is 4.74 Å². The summed E-state index contributed by atoms with van der Waals surface area (Å²) in [4.78, 5) is 21.5. The molecule has 1 saturated heterocycles. The van der Waals surface area contributed by atoms with Crippen LogP contribution in [0.25, 0.3) is 0 Å². The monoisotopic (exact) mass is 455 g/mol. The molecule has 5 rings (SSSR count). The van der Waals surface area contributed by atoms with Crippen molar-refractivity contribution in [2.24, 2.45) is 0 Å². The van der Waals surface area contributed by atoms with Gasteiger partial charge in [0.05, 0.1) is 23.8 Å². The third-order valence-electron chi connectivity index (χ3n) is 6.20. The van der Waals surface area contributed by atoms with Gasteiger partial charge in [-0.3, -0.25) is 5.41 Å². The van der Waals surface area contributed by atoms with Gasteiger partial charge < -0.3 is 20.3 Å². The van der Waals surface area contributed by atoms with Gasteiger partial charge in [-0.05, 0) is 38.0 Å². The number of nitrogens with two attached hydrogens (primary N) is 1. The Hall–Kier alpha value is -4.26. The summed E-state index contributed by atoms with van der Waals surface area (Å²) in [5, 5.41) is 17.6. The van der Waals surface area contributed by atoms with Gasteiger partial charge in [0.25, 0.3) is 0 Å². The van der Waals surface area contributed by atoms with Crippen molar-refractivity contribution in [3.05, 3.63) is 59.9 Å². The molecule has 10 heteroatoms. The second-order valence-electron chi connectivity index (χ2n) is 8.78. The number of nitrogen functional groups attached to an aromatic ring is 1. The number of piperazine rings is 1. The molecule has 34 heavy (non-hydrogen) atoms. The highest BCUT2D eigenvalue weighted by Crippen LogP contribution is 2.40. The second-order valence-corrected chi connectivity index (χ2v) is 8.78. The average molecular weight is 456 g/mol. The summed E-state index contributed by atoms with van der Waals surface area (Å²) in [6.45, 7) is 5.02. The Morgan fingerprint density at radius 1 is 1.03 bits per heavy atom. The van der Waals surface area contributed by atoms with Gasteiger partial charge in [0.2, 0.25) is 0 Å². The second kappa shape index (κ2) is 8.59. The van der Waals surface area contributed by atoms with E-state index < -0.39 is 0 Å². The van der Waals surface area contributed by atoms with Crippen molar-refractivity contribution >= 4 is 23.0 Å². The number of anilines is 3. The first-order valence-corrected chi connectivity index (χ1v) is 11.2. The molecule has 0 radical (unpaired) electrons. The maximum atomic E-state index is 8.90. The van der Waals surface area contributed by atoms with Crippen molar-refractivity contribution in [3.8, 4) is 11.8 Å². The van der Waals surface area contributed by atoms with Crippen LogP contribution in [0.5, 0.6) is 5.75 Å². The molecule has 2 fully saturated rings. The van der Waals surface area contributed by atoms with E-state index in [-0.39, 0.29) is 11.3 Å². The van der Waals surface area contributed by atoms with Crippen molar-refractivity contribution in [2.75, 3.05) is 41.7 Å². The summed E-state index contributed by atoms with van der Waals surface area (Å²) in [5.74, 6) is 2.23. The molecule has 1 aliphatic heterocycles. The van der Waals surface area contributed by atoms with Crippen LogP contribution in [-0.4, -0.2) is 57.4 Å². The summed E-state index contributed by atoms with van der Waals surface area (Å²) in [6.07, 6.45) is 6.67. The number of nitriles is 1. The Morgan fingerprint density at radius 2 is 1.76 bits per heavy atom. The highest BCUT2D eigenvalue weighted by atomic mass is 16.5. The van der Waals surface area contributed by atoms with Crippen LogP contribution in [0.1, 0.15) is 36.7 Å². The summed E-state index contributed by atoms with van der Waals surface area (Å²) >= 11 is 0. The molecule has 0 unspecified atom stereocenters. The number of hydrogen-bond donors (Lipinski definition) is 2. The van der Waals surface area contributed by atoms with Crippen LogP contribution in [0.15, 0.2) is 43.0 Å². The largest absolute Gasteiger partial charge is 0.488 e. The van der Waals surface area contributed by atoms with E-state index >= 15 is 0 Å². The van der Waals surface area contributed by atoms with Crippen LogP contribution in [0.2, 0.25) is 0 Å². The van der Waals surface area contributed by atoms with Gasteiger partial charge >= 0.3 is 0 Å². The Balaban J connectivity index is 1.29. The number of nitrogens with zero attached hydrogens (tertiary/aromatic N) is 7. The summed E-state index contributed by atoms with van der Waals surface area (Å²) in [5.41, 5.74) is 8.23. The van der Waals surface area contributed by atoms with E-state index in [1.165, 1.54) is 12.5 Å². The maximum absolute atomic E-state index is 8.90. The van der Waals surface area contributed by atoms with E-state index in [4.69, 9.17) is 21.1 Å². The molecule has 1 aromatic carbocycles. The van der Waals surface area contributed by atoms with Gasteiger partial charge in [0.15, 0.2) is 5.69 Å². The molecule has 2 aromatic heterocycles. The predicted octanol–water partition coefficient (Wildman–Crippen LogP) is 2.39. The van der Waals surface area contributed by atoms with Gasteiger partial charge in [0.1, 0.15) is 35.4 Å². The predicted molar refractivity (Wildman–Crippen MR) is 128 cm³/mol. The molecule has 1 aliphatic carbocycles. The molecule has 0 amide bonds. The first kappa shape index (κ1) is 21.6. The number of aromatic nitrogens is 4. The quantitative estimate of drug-likeness (QED) is 0.423. The molecule has 0 spiro atoms. The Kier molecular flexibility index (Phi) is 5.45. The number of benzene rings is 1. The Morgan fingerprint density at radius 3 is 2.41 bits per heavy atom. The lowest BCUT2D eigenvalue weighted by molar-refractivity contribution is 0.200. The molecule has 0 bridgehead atoms. The first-order chi connectivity index (χ1) is 16.4. The molecular formula is C24H25N9O.